The maximum absolute atomic E-state index is 9.98. The molecule has 122 valence electrons. The van der Waals surface area contributed by atoms with Gasteiger partial charge >= 0.3 is 0 Å². The predicted octanol–water partition coefficient (Wildman–Crippen LogP) is 5.40. The van der Waals surface area contributed by atoms with Crippen LogP contribution in [-0.4, -0.2) is 11.2 Å². The number of fused-ring (bicyclic) bond motifs is 4. The average Bonchev–Trinajstić information content (AvgIpc) is 2.84. The van der Waals surface area contributed by atoms with E-state index >= 15 is 0 Å². The number of hydrogen-bond donors (Lipinski definition) is 1. The first-order chi connectivity index (χ1) is 10.6. The second kappa shape index (κ2) is 5.51. The van der Waals surface area contributed by atoms with Gasteiger partial charge in [-0.05, 0) is 85.7 Å². The molecule has 0 aromatic heterocycles. The lowest BCUT2D eigenvalue weighted by Crippen LogP contribution is -2.39. The van der Waals surface area contributed by atoms with Gasteiger partial charge in [-0.25, -0.2) is 0 Å². The van der Waals surface area contributed by atoms with E-state index in [2.05, 4.69) is 19.9 Å². The third kappa shape index (κ3) is 2.15. The van der Waals surface area contributed by atoms with Gasteiger partial charge in [0.25, 0.3) is 0 Å². The van der Waals surface area contributed by atoms with Crippen LogP contribution in [0.15, 0.2) is 22.8 Å². The Morgan fingerprint density at radius 2 is 2.05 bits per heavy atom. The minimum absolute atomic E-state index is 0.0647. The molecule has 4 aliphatic rings. The molecule has 1 unspecified atom stereocenters. The van der Waals surface area contributed by atoms with E-state index < -0.39 is 0 Å². The Hall–Kier alpha value is -0.560. The van der Waals surface area contributed by atoms with Crippen LogP contribution >= 0.6 is 0 Å². The van der Waals surface area contributed by atoms with Crippen LogP contribution in [0.1, 0.15) is 78.1 Å². The lowest BCUT2D eigenvalue weighted by molar-refractivity contribution is 0.0968. The molecule has 1 N–H and O–H groups in total. The van der Waals surface area contributed by atoms with Gasteiger partial charge in [-0.1, -0.05) is 38.3 Å². The topological polar surface area (TPSA) is 20.2 Å². The fraction of sp³-hybridized carbons (Fsp3) is 0.810. The van der Waals surface area contributed by atoms with Crippen LogP contribution in [0.4, 0.5) is 0 Å². The molecule has 0 spiro atoms. The summed E-state index contributed by atoms with van der Waals surface area (Å²) in [4.78, 5) is 0. The highest BCUT2D eigenvalue weighted by atomic mass is 16.3. The molecule has 22 heavy (non-hydrogen) atoms. The van der Waals surface area contributed by atoms with E-state index in [1.807, 2.05) is 0 Å². The van der Waals surface area contributed by atoms with Gasteiger partial charge in [0.05, 0.1) is 6.10 Å². The lowest BCUT2D eigenvalue weighted by atomic mass is 9.57. The third-order valence-corrected chi connectivity index (χ3v) is 7.63. The van der Waals surface area contributed by atoms with Crippen LogP contribution in [0.25, 0.3) is 0 Å². The summed E-state index contributed by atoms with van der Waals surface area (Å²) in [5.74, 6) is 2.74. The van der Waals surface area contributed by atoms with Crippen molar-refractivity contribution in [2.45, 2.75) is 84.2 Å². The molecule has 4 aliphatic carbocycles. The molecule has 1 saturated carbocycles. The number of allylic oxidation sites excluding steroid dienone is 3. The molecule has 0 aliphatic heterocycles. The van der Waals surface area contributed by atoms with Crippen molar-refractivity contribution in [2.24, 2.45) is 23.2 Å². The van der Waals surface area contributed by atoms with Crippen LogP contribution in [0.5, 0.6) is 0 Å². The van der Waals surface area contributed by atoms with E-state index in [1.165, 1.54) is 44.9 Å². The van der Waals surface area contributed by atoms with Gasteiger partial charge in [0, 0.05) is 0 Å². The SMILES string of the molecule is CCC[C@H]1CC[C@H]2[C@@H]3CCC4=C(CCC(O)C4)C3=CC[C@]12C. The van der Waals surface area contributed by atoms with Gasteiger partial charge in [-0.3, -0.25) is 0 Å². The number of rotatable bonds is 2. The molecule has 4 rings (SSSR count). The first-order valence-corrected chi connectivity index (χ1v) is 9.73. The van der Waals surface area contributed by atoms with Gasteiger partial charge in [-0.2, -0.15) is 0 Å². The third-order valence-electron chi connectivity index (χ3n) is 7.63. The monoisotopic (exact) mass is 300 g/mol. The largest absolute Gasteiger partial charge is 0.393 e. The number of aliphatic hydroxyl groups is 1. The summed E-state index contributed by atoms with van der Waals surface area (Å²) in [6.07, 6.45) is 15.3. The minimum Gasteiger partial charge on any atom is -0.393 e. The molecule has 5 atom stereocenters. The first-order valence-electron chi connectivity index (χ1n) is 9.73. The highest BCUT2D eigenvalue weighted by molar-refractivity contribution is 5.44. The van der Waals surface area contributed by atoms with Gasteiger partial charge in [0.15, 0.2) is 0 Å². The molecular formula is C21H32O. The van der Waals surface area contributed by atoms with Crippen molar-refractivity contribution in [3.63, 3.8) is 0 Å². The molecule has 0 radical (unpaired) electrons. The van der Waals surface area contributed by atoms with Gasteiger partial charge in [-0.15, -0.1) is 0 Å². The van der Waals surface area contributed by atoms with Crippen molar-refractivity contribution in [2.75, 3.05) is 0 Å². The number of hydrogen-bond acceptors (Lipinski definition) is 1. The normalized spacial score (nSPS) is 44.2. The Kier molecular flexibility index (Phi) is 3.76. The van der Waals surface area contributed by atoms with Crippen LogP contribution < -0.4 is 0 Å². The molecule has 0 amide bonds. The Balaban J connectivity index is 1.65. The standard InChI is InChI=1S/C21H32O/c1-3-4-15-6-10-20-19-8-5-14-13-16(22)7-9-17(14)18(19)11-12-21(15,20)2/h11,15-16,19-20,22H,3-10,12-13H2,1-2H3/t15-,16?,19+,20-,21+/m0/s1. The molecule has 0 saturated heterocycles. The Bertz CT molecular complexity index is 514. The van der Waals surface area contributed by atoms with E-state index in [1.54, 1.807) is 16.7 Å². The molecule has 1 heteroatoms. The average molecular weight is 300 g/mol. The summed E-state index contributed by atoms with van der Waals surface area (Å²) in [6, 6.07) is 0. The minimum atomic E-state index is -0.0647. The summed E-state index contributed by atoms with van der Waals surface area (Å²) >= 11 is 0. The zero-order valence-corrected chi connectivity index (χ0v) is 14.4. The van der Waals surface area contributed by atoms with E-state index in [0.717, 1.165) is 37.0 Å². The van der Waals surface area contributed by atoms with Crippen LogP contribution in [-0.2, 0) is 0 Å². The van der Waals surface area contributed by atoms with Gasteiger partial charge in [0.2, 0.25) is 0 Å². The van der Waals surface area contributed by atoms with Crippen molar-refractivity contribution in [1.29, 1.82) is 0 Å². The quantitative estimate of drug-likeness (QED) is 0.724. The smallest absolute Gasteiger partial charge is 0.0580 e. The maximum Gasteiger partial charge on any atom is 0.0580 e. The summed E-state index contributed by atoms with van der Waals surface area (Å²) < 4.78 is 0. The van der Waals surface area contributed by atoms with Crippen LogP contribution in [0.2, 0.25) is 0 Å². The Morgan fingerprint density at radius 3 is 2.86 bits per heavy atom. The first kappa shape index (κ1) is 15.0. The fourth-order valence-corrected chi connectivity index (χ4v) is 6.47. The van der Waals surface area contributed by atoms with E-state index in [9.17, 15) is 5.11 Å². The van der Waals surface area contributed by atoms with Gasteiger partial charge < -0.3 is 5.11 Å². The summed E-state index contributed by atoms with van der Waals surface area (Å²) in [5.41, 5.74) is 5.60. The van der Waals surface area contributed by atoms with Crippen LogP contribution in [0.3, 0.4) is 0 Å². The van der Waals surface area contributed by atoms with Crippen molar-refractivity contribution in [1.82, 2.24) is 0 Å². The maximum atomic E-state index is 9.98. The van der Waals surface area contributed by atoms with Crippen molar-refractivity contribution in [3.8, 4) is 0 Å². The molecule has 0 heterocycles. The van der Waals surface area contributed by atoms with Gasteiger partial charge in [0.1, 0.15) is 0 Å². The zero-order valence-electron chi connectivity index (χ0n) is 14.4. The second-order valence-corrected chi connectivity index (χ2v) is 8.66. The molecule has 0 bridgehead atoms. The van der Waals surface area contributed by atoms with Crippen molar-refractivity contribution in [3.05, 3.63) is 22.8 Å². The van der Waals surface area contributed by atoms with Crippen LogP contribution in [0, 0.1) is 23.2 Å². The molecule has 1 nitrogen and oxygen atoms in total. The summed E-state index contributed by atoms with van der Waals surface area (Å²) in [6.45, 7) is 4.96. The second-order valence-electron chi connectivity index (χ2n) is 8.66. The van der Waals surface area contributed by atoms with E-state index in [-0.39, 0.29) is 6.10 Å². The molecular weight excluding hydrogens is 268 g/mol. The molecule has 0 aromatic carbocycles. The highest BCUT2D eigenvalue weighted by Crippen LogP contribution is 2.61. The zero-order chi connectivity index (χ0) is 15.3. The molecule has 0 aromatic rings. The van der Waals surface area contributed by atoms with Crippen molar-refractivity contribution < 1.29 is 5.11 Å². The summed E-state index contributed by atoms with van der Waals surface area (Å²) in [5, 5.41) is 9.98. The Labute approximate surface area is 135 Å². The number of aliphatic hydroxyl groups excluding tert-OH is 1. The van der Waals surface area contributed by atoms with Crippen molar-refractivity contribution >= 4 is 0 Å². The molecule has 1 fully saturated rings. The lowest BCUT2D eigenvalue weighted by Gasteiger charge is -2.48. The van der Waals surface area contributed by atoms with E-state index in [0.29, 0.717) is 5.41 Å². The highest BCUT2D eigenvalue weighted by Gasteiger charge is 2.52. The van der Waals surface area contributed by atoms with E-state index in [4.69, 9.17) is 0 Å². The summed E-state index contributed by atoms with van der Waals surface area (Å²) in [7, 11) is 0. The predicted molar refractivity (Wildman–Crippen MR) is 91.5 cm³/mol. The fourth-order valence-electron chi connectivity index (χ4n) is 6.47. The Morgan fingerprint density at radius 1 is 1.18 bits per heavy atom.